The van der Waals surface area contributed by atoms with Gasteiger partial charge in [0, 0.05) is 23.3 Å². The summed E-state index contributed by atoms with van der Waals surface area (Å²) in [6.45, 7) is 7.65. The lowest BCUT2D eigenvalue weighted by Gasteiger charge is -2.26. The maximum atomic E-state index is 14.1. The summed E-state index contributed by atoms with van der Waals surface area (Å²) in [6.07, 6.45) is 1.61. The minimum Gasteiger partial charge on any atom is -0.491 e. The number of rotatable bonds is 10. The number of nitrogens with zero attached hydrogens (tertiary/aromatic N) is 3. The molecule has 44 heavy (non-hydrogen) atoms. The predicted octanol–water partition coefficient (Wildman–Crippen LogP) is 5.07. The third-order valence-corrected chi connectivity index (χ3v) is 7.82. The number of carbonyl (C=O) groups excluding carboxylic acids is 1. The third-order valence-electron chi connectivity index (χ3n) is 6.84. The number of para-hydroxylation sites is 2. The van der Waals surface area contributed by atoms with Crippen molar-refractivity contribution in [3.63, 3.8) is 0 Å². The van der Waals surface area contributed by atoms with Gasteiger partial charge in [0.05, 0.1) is 33.4 Å². The van der Waals surface area contributed by atoms with Crippen molar-refractivity contribution in [2.24, 2.45) is 4.99 Å². The van der Waals surface area contributed by atoms with E-state index >= 15 is 0 Å². The SMILES string of the molecule is CCOC(=O)C1=C(C)N=c2s/c(=C/c3ccccc3OCc3ccc([N+](=O)[O-])cc3)c(=O)n2[C@@H]1c1ccccc1OC(C)C. The molecule has 0 aliphatic carbocycles. The van der Waals surface area contributed by atoms with Crippen LogP contribution in [0.2, 0.25) is 0 Å². The predicted molar refractivity (Wildman–Crippen MR) is 166 cm³/mol. The molecule has 3 aromatic carbocycles. The highest BCUT2D eigenvalue weighted by Crippen LogP contribution is 2.36. The van der Waals surface area contributed by atoms with E-state index in [2.05, 4.69) is 4.99 Å². The maximum Gasteiger partial charge on any atom is 0.338 e. The van der Waals surface area contributed by atoms with Crippen molar-refractivity contribution in [3.8, 4) is 11.5 Å². The number of ether oxygens (including phenoxy) is 3. The second kappa shape index (κ2) is 13.1. The van der Waals surface area contributed by atoms with Crippen molar-refractivity contribution in [2.75, 3.05) is 6.61 Å². The summed E-state index contributed by atoms with van der Waals surface area (Å²) in [5.41, 5.74) is 2.50. The molecule has 0 radical (unpaired) electrons. The van der Waals surface area contributed by atoms with Crippen molar-refractivity contribution in [1.29, 1.82) is 0 Å². The first-order chi connectivity index (χ1) is 21.2. The zero-order valence-electron chi connectivity index (χ0n) is 24.7. The van der Waals surface area contributed by atoms with Crippen LogP contribution in [0.3, 0.4) is 0 Å². The number of aromatic nitrogens is 1. The smallest absolute Gasteiger partial charge is 0.338 e. The van der Waals surface area contributed by atoms with Gasteiger partial charge in [-0.25, -0.2) is 9.79 Å². The lowest BCUT2D eigenvalue weighted by molar-refractivity contribution is -0.384. The van der Waals surface area contributed by atoms with Gasteiger partial charge < -0.3 is 14.2 Å². The molecule has 0 saturated carbocycles. The van der Waals surface area contributed by atoms with E-state index in [0.717, 1.165) is 5.56 Å². The first kappa shape index (κ1) is 30.4. The standard InChI is InChI=1S/C33H31N3O7S/c1-5-41-32(38)29-21(4)34-33-35(30(29)25-11-7-9-13-27(25)43-20(2)3)31(37)28(44-33)18-23-10-6-8-12-26(23)42-19-22-14-16-24(17-15-22)36(39)40/h6-18,20,30H,5,19H2,1-4H3/b28-18+/t30-/m1/s1. The first-order valence-electron chi connectivity index (χ1n) is 14.1. The Hall–Kier alpha value is -5.03. The number of benzene rings is 3. The summed E-state index contributed by atoms with van der Waals surface area (Å²) >= 11 is 1.22. The Bertz CT molecular complexity index is 1920. The molecule has 1 aliphatic heterocycles. The van der Waals surface area contributed by atoms with Gasteiger partial charge in [-0.05, 0) is 63.6 Å². The van der Waals surface area contributed by atoms with Crippen LogP contribution in [0.1, 0.15) is 50.4 Å². The van der Waals surface area contributed by atoms with Crippen LogP contribution in [0.25, 0.3) is 6.08 Å². The van der Waals surface area contributed by atoms with Gasteiger partial charge >= 0.3 is 5.97 Å². The van der Waals surface area contributed by atoms with Gasteiger partial charge in [0.1, 0.15) is 24.1 Å². The van der Waals surface area contributed by atoms with E-state index in [1.165, 1.54) is 28.0 Å². The zero-order chi connectivity index (χ0) is 31.4. The molecule has 0 unspecified atom stereocenters. The fraction of sp³-hybridized carbons (Fsp3) is 0.242. The van der Waals surface area contributed by atoms with E-state index in [1.807, 2.05) is 56.3 Å². The topological polar surface area (TPSA) is 122 Å². The molecule has 1 atom stereocenters. The Morgan fingerprint density at radius 3 is 2.43 bits per heavy atom. The monoisotopic (exact) mass is 613 g/mol. The number of fused-ring (bicyclic) bond motifs is 1. The van der Waals surface area contributed by atoms with Crippen LogP contribution in [0.5, 0.6) is 11.5 Å². The summed E-state index contributed by atoms with van der Waals surface area (Å²) in [6, 6.07) is 20.0. The average molecular weight is 614 g/mol. The molecule has 226 valence electrons. The first-order valence-corrected chi connectivity index (χ1v) is 14.9. The molecule has 0 spiro atoms. The van der Waals surface area contributed by atoms with E-state index in [0.29, 0.717) is 37.7 Å². The normalized spacial score (nSPS) is 14.7. The number of esters is 1. The van der Waals surface area contributed by atoms with Crippen molar-refractivity contribution in [2.45, 2.75) is 46.4 Å². The number of nitro benzene ring substituents is 1. The number of hydrogen-bond donors (Lipinski definition) is 0. The van der Waals surface area contributed by atoms with E-state index < -0.39 is 16.9 Å². The summed E-state index contributed by atoms with van der Waals surface area (Å²) in [4.78, 5) is 43.0. The molecule has 5 rings (SSSR count). The van der Waals surface area contributed by atoms with Gasteiger partial charge in [0.15, 0.2) is 4.80 Å². The molecular weight excluding hydrogens is 582 g/mol. The largest absolute Gasteiger partial charge is 0.491 e. The minimum atomic E-state index is -0.809. The zero-order valence-corrected chi connectivity index (χ0v) is 25.5. The number of nitro groups is 1. The highest BCUT2D eigenvalue weighted by molar-refractivity contribution is 7.07. The highest BCUT2D eigenvalue weighted by Gasteiger charge is 2.35. The van der Waals surface area contributed by atoms with Gasteiger partial charge in [0.2, 0.25) is 0 Å². The molecule has 0 fully saturated rings. The van der Waals surface area contributed by atoms with Crippen LogP contribution >= 0.6 is 11.3 Å². The van der Waals surface area contributed by atoms with Crippen LogP contribution < -0.4 is 24.4 Å². The van der Waals surface area contributed by atoms with Gasteiger partial charge in [0.25, 0.3) is 11.2 Å². The highest BCUT2D eigenvalue weighted by atomic mass is 32.1. The fourth-order valence-electron chi connectivity index (χ4n) is 4.90. The molecule has 0 amide bonds. The number of hydrogen-bond acceptors (Lipinski definition) is 9. The fourth-order valence-corrected chi connectivity index (χ4v) is 5.94. The second-order valence-corrected chi connectivity index (χ2v) is 11.3. The summed E-state index contributed by atoms with van der Waals surface area (Å²) in [7, 11) is 0. The third kappa shape index (κ3) is 6.32. The average Bonchev–Trinajstić information content (AvgIpc) is 3.30. The molecular formula is C33H31N3O7S. The molecule has 4 aromatic rings. The van der Waals surface area contributed by atoms with Crippen LogP contribution in [0.15, 0.2) is 93.9 Å². The molecule has 2 heterocycles. The summed E-state index contributed by atoms with van der Waals surface area (Å²) in [5, 5.41) is 11.0. The second-order valence-electron chi connectivity index (χ2n) is 10.3. The molecule has 1 aliphatic rings. The van der Waals surface area contributed by atoms with E-state index in [9.17, 15) is 19.7 Å². The van der Waals surface area contributed by atoms with Gasteiger partial charge in [-0.3, -0.25) is 19.5 Å². The van der Waals surface area contributed by atoms with Crippen molar-refractivity contribution in [3.05, 3.63) is 131 Å². The quantitative estimate of drug-likeness (QED) is 0.139. The lowest BCUT2D eigenvalue weighted by Crippen LogP contribution is -2.40. The van der Waals surface area contributed by atoms with Crippen LogP contribution in [-0.4, -0.2) is 28.2 Å². The lowest BCUT2D eigenvalue weighted by atomic mass is 9.95. The van der Waals surface area contributed by atoms with Gasteiger partial charge in [-0.2, -0.15) is 0 Å². The summed E-state index contributed by atoms with van der Waals surface area (Å²) < 4.78 is 19.5. The van der Waals surface area contributed by atoms with Crippen molar-refractivity contribution in [1.82, 2.24) is 4.57 Å². The Labute approximate surface area is 257 Å². The molecule has 0 bridgehead atoms. The molecule has 0 N–H and O–H groups in total. The minimum absolute atomic E-state index is 0.00238. The maximum absolute atomic E-state index is 14.1. The van der Waals surface area contributed by atoms with Crippen LogP contribution in [0.4, 0.5) is 5.69 Å². The summed E-state index contributed by atoms with van der Waals surface area (Å²) in [5.74, 6) is 0.549. The van der Waals surface area contributed by atoms with Crippen LogP contribution in [0, 0.1) is 10.1 Å². The molecule has 1 aromatic heterocycles. The molecule has 0 saturated heterocycles. The number of carbonyl (C=O) groups is 1. The Kier molecular flexibility index (Phi) is 9.05. The van der Waals surface area contributed by atoms with Gasteiger partial charge in [-0.1, -0.05) is 47.7 Å². The Balaban J connectivity index is 1.59. The Morgan fingerprint density at radius 2 is 1.75 bits per heavy atom. The van der Waals surface area contributed by atoms with Crippen molar-refractivity contribution < 1.29 is 23.9 Å². The van der Waals surface area contributed by atoms with E-state index in [1.54, 1.807) is 38.1 Å². The van der Waals surface area contributed by atoms with E-state index in [-0.39, 0.29) is 36.1 Å². The Morgan fingerprint density at radius 1 is 1.07 bits per heavy atom. The number of non-ortho nitro benzene ring substituents is 1. The van der Waals surface area contributed by atoms with Crippen LogP contribution in [-0.2, 0) is 16.1 Å². The number of allylic oxidation sites excluding steroid dienone is 1. The number of thiazole rings is 1. The van der Waals surface area contributed by atoms with Gasteiger partial charge in [-0.15, -0.1) is 0 Å². The van der Waals surface area contributed by atoms with Crippen molar-refractivity contribution >= 4 is 29.1 Å². The molecule has 11 heteroatoms. The van der Waals surface area contributed by atoms with E-state index in [4.69, 9.17) is 14.2 Å². The molecule has 10 nitrogen and oxygen atoms in total.